The Hall–Kier alpha value is -2.67. The van der Waals surface area contributed by atoms with E-state index in [1.807, 2.05) is 6.07 Å². The van der Waals surface area contributed by atoms with Gasteiger partial charge in [0.25, 0.3) is 5.56 Å². The van der Waals surface area contributed by atoms with E-state index in [-0.39, 0.29) is 22.9 Å². The third kappa shape index (κ3) is 3.52. The third-order valence-corrected chi connectivity index (χ3v) is 7.85. The van der Waals surface area contributed by atoms with Gasteiger partial charge in [-0.2, -0.15) is 0 Å². The number of hydrogen-bond acceptors (Lipinski definition) is 4. The van der Waals surface area contributed by atoms with Crippen molar-refractivity contribution < 1.29 is 4.79 Å². The Balaban J connectivity index is 1.79. The smallest absolute Gasteiger partial charge is 0.292 e. The number of aromatic nitrogens is 2. The van der Waals surface area contributed by atoms with E-state index in [1.54, 1.807) is 36.4 Å². The van der Waals surface area contributed by atoms with E-state index < -0.39 is 5.69 Å². The minimum Gasteiger partial charge on any atom is -0.292 e. The standard InChI is InChI=1S/C24H18Cl2N2O3S/c25-17-11-10-15(12-18(17)26)28-22(30)21-16-8-4-5-9-20(16)32-23(21)27(24(28)31)13-19(29)14-6-2-1-3-7-14/h1-3,6-7,10-12H,4-5,8-9,13H2. The van der Waals surface area contributed by atoms with Crippen molar-refractivity contribution >= 4 is 50.5 Å². The van der Waals surface area contributed by atoms with Crippen molar-refractivity contribution in [3.63, 3.8) is 0 Å². The van der Waals surface area contributed by atoms with Crippen LogP contribution in [0.2, 0.25) is 10.0 Å². The number of carbonyl (C=O) groups is 1. The molecule has 162 valence electrons. The lowest BCUT2D eigenvalue weighted by Crippen LogP contribution is -2.40. The summed E-state index contributed by atoms with van der Waals surface area (Å²) in [5, 5.41) is 1.10. The normalized spacial score (nSPS) is 13.3. The van der Waals surface area contributed by atoms with E-state index in [9.17, 15) is 14.4 Å². The fourth-order valence-electron chi connectivity index (χ4n) is 4.22. The summed E-state index contributed by atoms with van der Waals surface area (Å²) in [5.41, 5.74) is 0.889. The van der Waals surface area contributed by atoms with Crippen LogP contribution in [-0.2, 0) is 19.4 Å². The molecule has 1 aliphatic carbocycles. The molecule has 1 aliphatic rings. The number of nitrogens with zero attached hydrogens (tertiary/aromatic N) is 2. The molecule has 0 atom stereocenters. The highest BCUT2D eigenvalue weighted by Gasteiger charge is 2.25. The first-order valence-electron chi connectivity index (χ1n) is 10.3. The molecule has 2 heterocycles. The highest BCUT2D eigenvalue weighted by atomic mass is 35.5. The monoisotopic (exact) mass is 484 g/mol. The number of benzene rings is 2. The lowest BCUT2D eigenvalue weighted by molar-refractivity contribution is 0.0972. The van der Waals surface area contributed by atoms with Gasteiger partial charge in [0.15, 0.2) is 5.78 Å². The Morgan fingerprint density at radius 3 is 2.47 bits per heavy atom. The summed E-state index contributed by atoms with van der Waals surface area (Å²) in [5.74, 6) is -0.195. The first-order chi connectivity index (χ1) is 15.5. The number of rotatable bonds is 4. The molecule has 0 aliphatic heterocycles. The number of ketones is 1. The quantitative estimate of drug-likeness (QED) is 0.370. The second-order valence-corrected chi connectivity index (χ2v) is 9.69. The van der Waals surface area contributed by atoms with Crippen LogP contribution in [0.5, 0.6) is 0 Å². The van der Waals surface area contributed by atoms with Crippen LogP contribution in [0.25, 0.3) is 15.9 Å². The molecule has 0 saturated heterocycles. The van der Waals surface area contributed by atoms with E-state index in [0.29, 0.717) is 26.5 Å². The molecular formula is C24H18Cl2N2O3S. The van der Waals surface area contributed by atoms with Crippen molar-refractivity contribution in [1.82, 2.24) is 9.13 Å². The van der Waals surface area contributed by atoms with Crippen molar-refractivity contribution in [2.24, 2.45) is 0 Å². The van der Waals surface area contributed by atoms with Gasteiger partial charge in [0.2, 0.25) is 0 Å². The summed E-state index contributed by atoms with van der Waals surface area (Å²) in [6, 6.07) is 13.5. The molecule has 0 unspecified atom stereocenters. The van der Waals surface area contributed by atoms with Gasteiger partial charge in [-0.05, 0) is 49.4 Å². The molecule has 4 aromatic rings. The highest BCUT2D eigenvalue weighted by molar-refractivity contribution is 7.18. The van der Waals surface area contributed by atoms with Crippen molar-refractivity contribution in [2.75, 3.05) is 0 Å². The molecule has 5 rings (SSSR count). The third-order valence-electron chi connectivity index (χ3n) is 5.80. The Bertz CT molecular complexity index is 1490. The molecule has 0 fully saturated rings. The van der Waals surface area contributed by atoms with Gasteiger partial charge in [0, 0.05) is 10.4 Å². The second kappa shape index (κ2) is 8.35. The topological polar surface area (TPSA) is 61.1 Å². The molecule has 0 saturated carbocycles. The molecule has 0 amide bonds. The van der Waals surface area contributed by atoms with Crippen LogP contribution in [-0.4, -0.2) is 14.9 Å². The van der Waals surface area contributed by atoms with E-state index in [2.05, 4.69) is 0 Å². The number of fused-ring (bicyclic) bond motifs is 3. The molecule has 8 heteroatoms. The van der Waals surface area contributed by atoms with Gasteiger partial charge in [0.1, 0.15) is 4.83 Å². The SMILES string of the molecule is O=C(Cn1c(=O)n(-c2ccc(Cl)c(Cl)c2)c(=O)c2c3c(sc21)CCCC3)c1ccccc1. The maximum absolute atomic E-state index is 13.6. The summed E-state index contributed by atoms with van der Waals surface area (Å²) >= 11 is 13.7. The van der Waals surface area contributed by atoms with Gasteiger partial charge in [-0.15, -0.1) is 11.3 Å². The van der Waals surface area contributed by atoms with E-state index in [1.165, 1.54) is 22.0 Å². The number of halogens is 2. The summed E-state index contributed by atoms with van der Waals surface area (Å²) in [6.07, 6.45) is 3.71. The van der Waals surface area contributed by atoms with Crippen molar-refractivity contribution in [3.8, 4) is 5.69 Å². The van der Waals surface area contributed by atoms with Crippen molar-refractivity contribution in [3.05, 3.63) is 95.4 Å². The zero-order chi connectivity index (χ0) is 22.4. The fraction of sp³-hybridized carbons (Fsp3) is 0.208. The largest absolute Gasteiger partial charge is 0.337 e. The summed E-state index contributed by atoms with van der Waals surface area (Å²) < 4.78 is 2.53. The summed E-state index contributed by atoms with van der Waals surface area (Å²) in [7, 11) is 0. The Morgan fingerprint density at radius 1 is 0.969 bits per heavy atom. The number of thiophene rings is 1. The zero-order valence-corrected chi connectivity index (χ0v) is 19.3. The zero-order valence-electron chi connectivity index (χ0n) is 16.9. The van der Waals surface area contributed by atoms with Gasteiger partial charge in [0.05, 0.1) is 27.7 Å². The number of carbonyl (C=O) groups excluding carboxylic acids is 1. The molecular weight excluding hydrogens is 467 g/mol. The van der Waals surface area contributed by atoms with E-state index in [4.69, 9.17) is 23.2 Å². The predicted molar refractivity (Wildman–Crippen MR) is 129 cm³/mol. The minimum atomic E-state index is -0.566. The van der Waals surface area contributed by atoms with Gasteiger partial charge in [-0.1, -0.05) is 53.5 Å². The number of hydrogen-bond donors (Lipinski definition) is 0. The lowest BCUT2D eigenvalue weighted by Gasteiger charge is -2.13. The second-order valence-electron chi connectivity index (χ2n) is 7.79. The van der Waals surface area contributed by atoms with Crippen LogP contribution in [0.15, 0.2) is 58.1 Å². The van der Waals surface area contributed by atoms with Gasteiger partial charge >= 0.3 is 5.69 Å². The Morgan fingerprint density at radius 2 is 1.72 bits per heavy atom. The van der Waals surface area contributed by atoms with Crippen LogP contribution in [0.1, 0.15) is 33.6 Å². The molecule has 5 nitrogen and oxygen atoms in total. The van der Waals surface area contributed by atoms with Crippen LogP contribution < -0.4 is 11.2 Å². The predicted octanol–water partition coefficient (Wildman–Crippen LogP) is 5.28. The summed E-state index contributed by atoms with van der Waals surface area (Å²) in [4.78, 5) is 41.9. The van der Waals surface area contributed by atoms with Crippen molar-refractivity contribution in [1.29, 1.82) is 0 Å². The maximum atomic E-state index is 13.6. The Kier molecular flexibility index (Phi) is 5.53. The van der Waals surface area contributed by atoms with E-state index >= 15 is 0 Å². The van der Waals surface area contributed by atoms with Gasteiger partial charge in [-0.3, -0.25) is 14.2 Å². The van der Waals surface area contributed by atoms with E-state index in [0.717, 1.165) is 40.7 Å². The Labute approximate surface area is 197 Å². The van der Waals surface area contributed by atoms with Crippen LogP contribution in [0, 0.1) is 0 Å². The lowest BCUT2D eigenvalue weighted by atomic mass is 9.97. The molecule has 2 aromatic heterocycles. The molecule has 0 spiro atoms. The van der Waals surface area contributed by atoms with Crippen LogP contribution in [0.3, 0.4) is 0 Å². The fourth-order valence-corrected chi connectivity index (χ4v) is 5.88. The average Bonchev–Trinajstić information content (AvgIpc) is 3.19. The van der Waals surface area contributed by atoms with Gasteiger partial charge < -0.3 is 0 Å². The molecule has 0 radical (unpaired) electrons. The highest BCUT2D eigenvalue weighted by Crippen LogP contribution is 2.34. The van der Waals surface area contributed by atoms with Gasteiger partial charge in [-0.25, -0.2) is 9.36 Å². The molecule has 2 aromatic carbocycles. The van der Waals surface area contributed by atoms with Crippen LogP contribution >= 0.6 is 34.5 Å². The molecule has 0 bridgehead atoms. The first kappa shape index (κ1) is 21.2. The number of Topliss-reactive ketones (excluding diaryl/α,β-unsaturated/α-hetero) is 1. The maximum Gasteiger partial charge on any atom is 0.337 e. The molecule has 32 heavy (non-hydrogen) atoms. The average molecular weight is 485 g/mol. The van der Waals surface area contributed by atoms with Crippen molar-refractivity contribution in [2.45, 2.75) is 32.2 Å². The minimum absolute atomic E-state index is 0.152. The summed E-state index contributed by atoms with van der Waals surface area (Å²) in [6.45, 7) is -0.152. The van der Waals surface area contributed by atoms with Crippen LogP contribution in [0.4, 0.5) is 0 Å². The first-order valence-corrected chi connectivity index (χ1v) is 11.9. The number of aryl methyl sites for hydroxylation is 2. The molecule has 0 N–H and O–H groups in total.